The number of fused-ring (bicyclic) bond motifs is 1. The van der Waals surface area contributed by atoms with E-state index in [0.29, 0.717) is 17.1 Å². The minimum absolute atomic E-state index is 0.131. The maximum absolute atomic E-state index is 12.5. The number of nitrogens with zero attached hydrogens (tertiary/aromatic N) is 3. The third-order valence-corrected chi connectivity index (χ3v) is 7.02. The fourth-order valence-electron chi connectivity index (χ4n) is 3.25. The third-order valence-electron chi connectivity index (χ3n) is 4.96. The summed E-state index contributed by atoms with van der Waals surface area (Å²) in [5.74, 6) is 0.891. The van der Waals surface area contributed by atoms with Gasteiger partial charge in [-0.3, -0.25) is 0 Å². The number of imidazole rings is 1. The summed E-state index contributed by atoms with van der Waals surface area (Å²) in [6.07, 6.45) is 0.961. The van der Waals surface area contributed by atoms with Crippen LogP contribution in [0.2, 0.25) is 5.02 Å². The SMILES string of the molecule is CCCn1c(CN[C@H](C)c2ccc(Cl)cc2)nc2cc(S(=O)(=O)N(C)C)ccc21. The highest BCUT2D eigenvalue weighted by Gasteiger charge is 2.20. The first-order chi connectivity index (χ1) is 13.7. The summed E-state index contributed by atoms with van der Waals surface area (Å²) in [6.45, 7) is 5.61. The Balaban J connectivity index is 1.90. The van der Waals surface area contributed by atoms with Gasteiger partial charge < -0.3 is 9.88 Å². The quantitative estimate of drug-likeness (QED) is 0.577. The Morgan fingerprint density at radius 3 is 2.48 bits per heavy atom. The molecule has 0 unspecified atom stereocenters. The van der Waals surface area contributed by atoms with Crippen molar-refractivity contribution in [2.75, 3.05) is 14.1 Å². The van der Waals surface area contributed by atoms with E-state index >= 15 is 0 Å². The number of hydrogen-bond acceptors (Lipinski definition) is 4. The van der Waals surface area contributed by atoms with E-state index in [2.05, 4.69) is 23.7 Å². The Hall–Kier alpha value is -1.93. The van der Waals surface area contributed by atoms with Gasteiger partial charge >= 0.3 is 0 Å². The summed E-state index contributed by atoms with van der Waals surface area (Å²) >= 11 is 5.97. The molecule has 0 fully saturated rings. The van der Waals surface area contributed by atoms with Crippen LogP contribution in [0.1, 0.15) is 37.7 Å². The van der Waals surface area contributed by atoms with E-state index in [1.54, 1.807) is 12.1 Å². The number of aromatic nitrogens is 2. The third kappa shape index (κ3) is 4.64. The van der Waals surface area contributed by atoms with Crippen LogP contribution in [-0.2, 0) is 23.1 Å². The molecule has 0 aliphatic rings. The molecule has 0 amide bonds. The average molecular weight is 435 g/mol. The molecule has 1 heterocycles. The van der Waals surface area contributed by atoms with Crippen LogP contribution in [0.25, 0.3) is 11.0 Å². The Bertz CT molecular complexity index is 1090. The lowest BCUT2D eigenvalue weighted by atomic mass is 10.1. The van der Waals surface area contributed by atoms with Crippen molar-refractivity contribution in [3.8, 4) is 0 Å². The van der Waals surface area contributed by atoms with Crippen molar-refractivity contribution in [1.82, 2.24) is 19.2 Å². The van der Waals surface area contributed by atoms with Crippen molar-refractivity contribution in [2.45, 2.75) is 44.3 Å². The highest BCUT2D eigenvalue weighted by atomic mass is 35.5. The number of halogens is 1. The second kappa shape index (κ2) is 8.83. The molecule has 2 aromatic carbocycles. The summed E-state index contributed by atoms with van der Waals surface area (Å²) in [6, 6.07) is 13.1. The van der Waals surface area contributed by atoms with Crippen LogP contribution in [0.4, 0.5) is 0 Å². The molecular formula is C21H27ClN4O2S. The number of rotatable bonds is 8. The van der Waals surface area contributed by atoms with Crippen molar-refractivity contribution >= 4 is 32.7 Å². The van der Waals surface area contributed by atoms with Gasteiger partial charge in [-0.15, -0.1) is 0 Å². The fourth-order valence-corrected chi connectivity index (χ4v) is 4.30. The largest absolute Gasteiger partial charge is 0.327 e. The first-order valence-electron chi connectivity index (χ1n) is 9.64. The zero-order valence-corrected chi connectivity index (χ0v) is 18.8. The summed E-state index contributed by atoms with van der Waals surface area (Å²) < 4.78 is 28.3. The molecular weight excluding hydrogens is 408 g/mol. The fraction of sp³-hybridized carbons (Fsp3) is 0.381. The van der Waals surface area contributed by atoms with Crippen LogP contribution < -0.4 is 5.32 Å². The summed E-state index contributed by atoms with van der Waals surface area (Å²) in [4.78, 5) is 5.00. The first kappa shape index (κ1) is 21.8. The minimum Gasteiger partial charge on any atom is -0.327 e. The molecule has 0 spiro atoms. The van der Waals surface area contributed by atoms with E-state index in [4.69, 9.17) is 16.6 Å². The van der Waals surface area contributed by atoms with Gasteiger partial charge in [0.2, 0.25) is 10.0 Å². The van der Waals surface area contributed by atoms with Gasteiger partial charge in [-0.2, -0.15) is 0 Å². The van der Waals surface area contributed by atoms with E-state index in [1.807, 2.05) is 30.3 Å². The molecule has 3 rings (SSSR count). The average Bonchev–Trinajstić information content (AvgIpc) is 3.03. The Morgan fingerprint density at radius 1 is 1.17 bits per heavy atom. The molecule has 6 nitrogen and oxygen atoms in total. The number of nitrogens with one attached hydrogen (secondary N) is 1. The van der Waals surface area contributed by atoms with Crippen LogP contribution in [0.5, 0.6) is 0 Å². The van der Waals surface area contributed by atoms with Gasteiger partial charge in [-0.05, 0) is 49.2 Å². The van der Waals surface area contributed by atoms with E-state index in [1.165, 1.54) is 18.4 Å². The van der Waals surface area contributed by atoms with E-state index in [-0.39, 0.29) is 10.9 Å². The van der Waals surface area contributed by atoms with E-state index < -0.39 is 10.0 Å². The van der Waals surface area contributed by atoms with Crippen LogP contribution in [-0.4, -0.2) is 36.4 Å². The minimum atomic E-state index is -3.49. The predicted octanol–water partition coefficient (Wildman–Crippen LogP) is 4.20. The van der Waals surface area contributed by atoms with Gasteiger partial charge in [-0.25, -0.2) is 17.7 Å². The molecule has 1 atom stereocenters. The zero-order valence-electron chi connectivity index (χ0n) is 17.2. The molecule has 0 bridgehead atoms. The molecule has 0 aliphatic heterocycles. The monoisotopic (exact) mass is 434 g/mol. The van der Waals surface area contributed by atoms with Gasteiger partial charge in [0.1, 0.15) is 5.82 Å². The van der Waals surface area contributed by atoms with Crippen molar-refractivity contribution < 1.29 is 8.42 Å². The van der Waals surface area contributed by atoms with E-state index in [9.17, 15) is 8.42 Å². The zero-order chi connectivity index (χ0) is 21.2. The van der Waals surface area contributed by atoms with Crippen LogP contribution in [0, 0.1) is 0 Å². The maximum Gasteiger partial charge on any atom is 0.242 e. The number of benzene rings is 2. The summed E-state index contributed by atoms with van der Waals surface area (Å²) in [5.41, 5.74) is 2.78. The second-order valence-corrected chi connectivity index (χ2v) is 9.86. The van der Waals surface area contributed by atoms with Crippen LogP contribution in [0.15, 0.2) is 47.4 Å². The second-order valence-electron chi connectivity index (χ2n) is 7.27. The number of hydrogen-bond donors (Lipinski definition) is 1. The molecule has 0 saturated carbocycles. The normalized spacial score (nSPS) is 13.3. The molecule has 0 radical (unpaired) electrons. The summed E-state index contributed by atoms with van der Waals surface area (Å²) in [7, 11) is -0.431. The smallest absolute Gasteiger partial charge is 0.242 e. The van der Waals surface area contributed by atoms with Gasteiger partial charge in [0.15, 0.2) is 0 Å². The van der Waals surface area contributed by atoms with Gasteiger partial charge in [0.05, 0.1) is 22.5 Å². The topological polar surface area (TPSA) is 67.2 Å². The lowest BCUT2D eigenvalue weighted by Gasteiger charge is -2.15. The summed E-state index contributed by atoms with van der Waals surface area (Å²) in [5, 5.41) is 4.22. The number of aryl methyl sites for hydroxylation is 1. The first-order valence-corrected chi connectivity index (χ1v) is 11.5. The molecule has 29 heavy (non-hydrogen) atoms. The maximum atomic E-state index is 12.5. The standard InChI is InChI=1S/C21H27ClN4O2S/c1-5-12-26-20-11-10-18(29(27,28)25(3)4)13-19(20)24-21(26)14-23-15(2)16-6-8-17(22)9-7-16/h6-11,13,15,23H,5,12,14H2,1-4H3/t15-/m1/s1. The van der Waals surface area contributed by atoms with Crippen molar-refractivity contribution in [3.63, 3.8) is 0 Å². The molecule has 156 valence electrons. The predicted molar refractivity (Wildman–Crippen MR) is 118 cm³/mol. The van der Waals surface area contributed by atoms with Crippen molar-refractivity contribution in [2.24, 2.45) is 0 Å². The number of sulfonamides is 1. The van der Waals surface area contributed by atoms with E-state index in [0.717, 1.165) is 29.9 Å². The van der Waals surface area contributed by atoms with Crippen molar-refractivity contribution in [1.29, 1.82) is 0 Å². The molecule has 1 aromatic heterocycles. The molecule has 0 saturated heterocycles. The molecule has 0 aliphatic carbocycles. The lowest BCUT2D eigenvalue weighted by Crippen LogP contribution is -2.22. The van der Waals surface area contributed by atoms with Gasteiger partial charge in [0.25, 0.3) is 0 Å². The molecule has 1 N–H and O–H groups in total. The molecule has 3 aromatic rings. The lowest BCUT2D eigenvalue weighted by molar-refractivity contribution is 0.521. The Morgan fingerprint density at radius 2 is 1.86 bits per heavy atom. The Labute approximate surface area is 177 Å². The van der Waals surface area contributed by atoms with Gasteiger partial charge in [-0.1, -0.05) is 30.7 Å². The molecule has 8 heteroatoms. The highest BCUT2D eigenvalue weighted by molar-refractivity contribution is 7.89. The van der Waals surface area contributed by atoms with Crippen LogP contribution in [0.3, 0.4) is 0 Å². The van der Waals surface area contributed by atoms with Gasteiger partial charge in [0, 0.05) is 31.7 Å². The Kier molecular flexibility index (Phi) is 6.63. The van der Waals surface area contributed by atoms with Crippen molar-refractivity contribution in [3.05, 3.63) is 58.9 Å². The highest BCUT2D eigenvalue weighted by Crippen LogP contribution is 2.23. The van der Waals surface area contributed by atoms with Crippen LogP contribution >= 0.6 is 11.6 Å².